The number of carbonyl (C=O) groups excluding carboxylic acids is 1. The molecule has 0 unspecified atom stereocenters. The lowest BCUT2D eigenvalue weighted by molar-refractivity contribution is 0.0738. The molecule has 4 heterocycles. The quantitative estimate of drug-likeness (QED) is 0.834. The fraction of sp³-hybridized carbons (Fsp3) is 0.500. The van der Waals surface area contributed by atoms with Gasteiger partial charge in [-0.25, -0.2) is 9.97 Å². The van der Waals surface area contributed by atoms with Crippen LogP contribution in [0.4, 0.5) is 0 Å². The van der Waals surface area contributed by atoms with Crippen LogP contribution in [0.5, 0.6) is 0 Å². The SMILES string of the molecule is CCCN1C[C@H]2CC[C@@H]1CN(C(=O)c1cnc(C)nc1-c1ccccc1)C2. The van der Waals surface area contributed by atoms with E-state index in [-0.39, 0.29) is 5.91 Å². The first kappa shape index (κ1) is 18.1. The normalized spacial score (nSPS) is 22.7. The summed E-state index contributed by atoms with van der Waals surface area (Å²) in [6.45, 7) is 8.02. The zero-order chi connectivity index (χ0) is 18.8. The highest BCUT2D eigenvalue weighted by atomic mass is 16.2. The van der Waals surface area contributed by atoms with E-state index in [1.165, 1.54) is 19.3 Å². The zero-order valence-corrected chi connectivity index (χ0v) is 16.3. The highest BCUT2D eigenvalue weighted by Crippen LogP contribution is 2.30. The first-order valence-corrected chi connectivity index (χ1v) is 10.1. The number of amides is 1. The molecule has 0 radical (unpaired) electrons. The van der Waals surface area contributed by atoms with Gasteiger partial charge in [0.05, 0.1) is 11.3 Å². The molecule has 3 aliphatic rings. The second-order valence-electron chi connectivity index (χ2n) is 7.85. The third kappa shape index (κ3) is 3.74. The molecule has 1 amide bonds. The Bertz CT molecular complexity index is 807. The monoisotopic (exact) mass is 364 g/mol. The summed E-state index contributed by atoms with van der Waals surface area (Å²) in [7, 11) is 0. The van der Waals surface area contributed by atoms with Crippen molar-refractivity contribution in [3.05, 3.63) is 47.9 Å². The Hall–Kier alpha value is -2.27. The molecule has 1 aromatic carbocycles. The Morgan fingerprint density at radius 2 is 1.96 bits per heavy atom. The van der Waals surface area contributed by atoms with Crippen LogP contribution in [0.15, 0.2) is 36.5 Å². The second kappa shape index (κ2) is 7.77. The summed E-state index contributed by atoms with van der Waals surface area (Å²) in [4.78, 5) is 27.1. The van der Waals surface area contributed by atoms with E-state index in [0.717, 1.165) is 37.4 Å². The van der Waals surface area contributed by atoms with Crippen LogP contribution in [0.1, 0.15) is 42.4 Å². The number of piperidine rings is 1. The van der Waals surface area contributed by atoms with E-state index in [4.69, 9.17) is 0 Å². The van der Waals surface area contributed by atoms with Crippen LogP contribution in [0.2, 0.25) is 0 Å². The van der Waals surface area contributed by atoms with Crippen molar-refractivity contribution in [3.8, 4) is 11.3 Å². The van der Waals surface area contributed by atoms with Gasteiger partial charge in [0.25, 0.3) is 5.91 Å². The number of nitrogens with zero attached hydrogens (tertiary/aromatic N) is 4. The van der Waals surface area contributed by atoms with Crippen molar-refractivity contribution < 1.29 is 4.79 Å². The van der Waals surface area contributed by atoms with Crippen LogP contribution in [0.25, 0.3) is 11.3 Å². The molecule has 0 spiro atoms. The Morgan fingerprint density at radius 3 is 2.74 bits per heavy atom. The fourth-order valence-electron chi connectivity index (χ4n) is 4.52. The Morgan fingerprint density at radius 1 is 1.15 bits per heavy atom. The van der Waals surface area contributed by atoms with Crippen molar-refractivity contribution in [2.45, 2.75) is 39.2 Å². The Balaban J connectivity index is 1.64. The molecule has 2 aromatic rings. The highest BCUT2D eigenvalue weighted by Gasteiger charge is 2.36. The van der Waals surface area contributed by atoms with E-state index in [0.29, 0.717) is 23.3 Å². The average Bonchev–Trinajstić information content (AvgIpc) is 3.00. The summed E-state index contributed by atoms with van der Waals surface area (Å²) in [5.41, 5.74) is 2.34. The van der Waals surface area contributed by atoms with E-state index >= 15 is 0 Å². The molecular formula is C22H28N4O. The number of hydrogen-bond donors (Lipinski definition) is 0. The molecule has 5 heteroatoms. The molecule has 2 atom stereocenters. The molecule has 0 N–H and O–H groups in total. The molecule has 3 aliphatic heterocycles. The highest BCUT2D eigenvalue weighted by molar-refractivity contribution is 5.99. The largest absolute Gasteiger partial charge is 0.337 e. The van der Waals surface area contributed by atoms with Crippen LogP contribution in [-0.2, 0) is 0 Å². The van der Waals surface area contributed by atoms with Gasteiger partial charge in [-0.15, -0.1) is 0 Å². The topological polar surface area (TPSA) is 49.3 Å². The second-order valence-corrected chi connectivity index (χ2v) is 7.85. The maximum Gasteiger partial charge on any atom is 0.257 e. The van der Waals surface area contributed by atoms with Crippen molar-refractivity contribution >= 4 is 5.91 Å². The minimum atomic E-state index is 0.0732. The van der Waals surface area contributed by atoms with Crippen LogP contribution in [-0.4, -0.2) is 57.9 Å². The number of hydrogen-bond acceptors (Lipinski definition) is 4. The van der Waals surface area contributed by atoms with Crippen LogP contribution in [0, 0.1) is 12.8 Å². The minimum absolute atomic E-state index is 0.0732. The summed E-state index contributed by atoms with van der Waals surface area (Å²) in [5.74, 6) is 1.34. The Kier molecular flexibility index (Phi) is 5.21. The van der Waals surface area contributed by atoms with Crippen LogP contribution >= 0.6 is 0 Å². The van der Waals surface area contributed by atoms with Gasteiger partial charge in [0.15, 0.2) is 0 Å². The van der Waals surface area contributed by atoms with Gasteiger partial charge in [0, 0.05) is 37.4 Å². The van der Waals surface area contributed by atoms with Crippen LogP contribution < -0.4 is 0 Å². The molecule has 0 saturated carbocycles. The number of aromatic nitrogens is 2. The summed E-state index contributed by atoms with van der Waals surface area (Å²) >= 11 is 0. The lowest BCUT2D eigenvalue weighted by Crippen LogP contribution is -2.44. The molecule has 3 saturated heterocycles. The third-order valence-corrected chi connectivity index (χ3v) is 5.81. The van der Waals surface area contributed by atoms with Crippen molar-refractivity contribution in [2.75, 3.05) is 26.2 Å². The first-order valence-electron chi connectivity index (χ1n) is 10.1. The van der Waals surface area contributed by atoms with Gasteiger partial charge in [-0.2, -0.15) is 0 Å². The van der Waals surface area contributed by atoms with E-state index < -0.39 is 0 Å². The van der Waals surface area contributed by atoms with Gasteiger partial charge < -0.3 is 4.90 Å². The molecule has 1 aromatic heterocycles. The zero-order valence-electron chi connectivity index (χ0n) is 16.3. The summed E-state index contributed by atoms with van der Waals surface area (Å²) in [5, 5.41) is 0. The minimum Gasteiger partial charge on any atom is -0.337 e. The van der Waals surface area contributed by atoms with E-state index in [9.17, 15) is 4.79 Å². The summed E-state index contributed by atoms with van der Waals surface area (Å²) in [6, 6.07) is 10.4. The number of aryl methyl sites for hydroxylation is 1. The maximum atomic E-state index is 13.5. The number of rotatable bonds is 4. The van der Waals surface area contributed by atoms with Gasteiger partial charge in [0.2, 0.25) is 0 Å². The van der Waals surface area contributed by atoms with E-state index in [2.05, 4.69) is 26.7 Å². The smallest absolute Gasteiger partial charge is 0.257 e. The average molecular weight is 364 g/mol. The molecule has 5 nitrogen and oxygen atoms in total. The first-order chi connectivity index (χ1) is 13.2. The number of benzene rings is 1. The van der Waals surface area contributed by atoms with Gasteiger partial charge in [-0.3, -0.25) is 9.69 Å². The van der Waals surface area contributed by atoms with Gasteiger partial charge >= 0.3 is 0 Å². The van der Waals surface area contributed by atoms with Crippen molar-refractivity contribution in [1.29, 1.82) is 0 Å². The summed E-state index contributed by atoms with van der Waals surface area (Å²) in [6.07, 6.45) is 5.31. The lowest BCUT2D eigenvalue weighted by atomic mass is 9.95. The molecule has 142 valence electrons. The molecule has 27 heavy (non-hydrogen) atoms. The van der Waals surface area contributed by atoms with Gasteiger partial charge in [-0.1, -0.05) is 37.3 Å². The number of fused-ring (bicyclic) bond motifs is 4. The molecule has 2 bridgehead atoms. The number of carbonyl (C=O) groups is 1. The Labute approximate surface area is 161 Å². The van der Waals surface area contributed by atoms with Crippen molar-refractivity contribution in [3.63, 3.8) is 0 Å². The van der Waals surface area contributed by atoms with E-state index in [1.807, 2.05) is 37.3 Å². The fourth-order valence-corrected chi connectivity index (χ4v) is 4.52. The van der Waals surface area contributed by atoms with Gasteiger partial charge in [0.1, 0.15) is 5.82 Å². The lowest BCUT2D eigenvalue weighted by Gasteiger charge is -2.35. The van der Waals surface area contributed by atoms with Crippen molar-refractivity contribution in [2.24, 2.45) is 5.92 Å². The molecule has 0 aliphatic carbocycles. The molecule has 5 rings (SSSR count). The molecule has 3 fully saturated rings. The summed E-state index contributed by atoms with van der Waals surface area (Å²) < 4.78 is 0. The van der Waals surface area contributed by atoms with Crippen LogP contribution in [0.3, 0.4) is 0 Å². The predicted molar refractivity (Wildman–Crippen MR) is 106 cm³/mol. The third-order valence-electron chi connectivity index (χ3n) is 5.81. The van der Waals surface area contributed by atoms with E-state index in [1.54, 1.807) is 6.20 Å². The predicted octanol–water partition coefficient (Wildman–Crippen LogP) is 3.40. The van der Waals surface area contributed by atoms with Crippen molar-refractivity contribution in [1.82, 2.24) is 19.8 Å². The van der Waals surface area contributed by atoms with Gasteiger partial charge in [-0.05, 0) is 38.6 Å². The standard InChI is InChI=1S/C22H28N4O/c1-3-11-25-13-17-9-10-19(25)15-26(14-17)22(27)20-12-23-16(2)24-21(20)18-7-5-4-6-8-18/h4-8,12,17,19H,3,9-11,13-15H2,1-2H3/t17-,19-/m1/s1. The maximum absolute atomic E-state index is 13.5. The molecular weight excluding hydrogens is 336 g/mol.